The molecule has 0 saturated carbocycles. The third kappa shape index (κ3) is 4.97. The SMILES string of the molecule is COc1ccc(Cl)cc1C(=O)NC[C@@H](c1ccc(F)cc1)[NH+]1CCOCC1. The van der Waals surface area contributed by atoms with Crippen molar-refractivity contribution in [2.45, 2.75) is 6.04 Å². The molecular formula is C20H23ClFN2O3+. The number of halogens is 2. The average molecular weight is 394 g/mol. The van der Waals surface area contributed by atoms with Crippen molar-refractivity contribution in [2.75, 3.05) is 40.0 Å². The van der Waals surface area contributed by atoms with Crippen LogP contribution in [0.5, 0.6) is 5.75 Å². The van der Waals surface area contributed by atoms with Crippen LogP contribution in [0.3, 0.4) is 0 Å². The van der Waals surface area contributed by atoms with E-state index in [0.717, 1.165) is 18.7 Å². The maximum atomic E-state index is 13.3. The van der Waals surface area contributed by atoms with Crippen molar-refractivity contribution in [1.82, 2.24) is 5.32 Å². The summed E-state index contributed by atoms with van der Waals surface area (Å²) in [5.74, 6) is -0.0646. The Morgan fingerprint density at radius 1 is 1.26 bits per heavy atom. The lowest BCUT2D eigenvalue weighted by Gasteiger charge is -2.32. The number of ether oxygens (including phenoxy) is 2. The Balaban J connectivity index is 1.77. The van der Waals surface area contributed by atoms with E-state index in [-0.39, 0.29) is 17.8 Å². The van der Waals surface area contributed by atoms with Crippen LogP contribution in [0.2, 0.25) is 5.02 Å². The number of methoxy groups -OCH3 is 1. The number of hydrogen-bond acceptors (Lipinski definition) is 3. The largest absolute Gasteiger partial charge is 0.496 e. The number of quaternary nitrogens is 1. The van der Waals surface area contributed by atoms with Crippen LogP contribution < -0.4 is 15.0 Å². The number of carbonyl (C=O) groups excluding carboxylic acids is 1. The zero-order chi connectivity index (χ0) is 19.2. The summed E-state index contributed by atoms with van der Waals surface area (Å²) in [6, 6.07) is 11.4. The first-order valence-corrected chi connectivity index (χ1v) is 9.26. The van der Waals surface area contributed by atoms with E-state index in [2.05, 4.69) is 5.32 Å². The van der Waals surface area contributed by atoms with Gasteiger partial charge < -0.3 is 19.7 Å². The lowest BCUT2D eigenvalue weighted by atomic mass is 10.0. The third-order valence-electron chi connectivity index (χ3n) is 4.77. The highest BCUT2D eigenvalue weighted by Gasteiger charge is 2.27. The van der Waals surface area contributed by atoms with Gasteiger partial charge >= 0.3 is 0 Å². The van der Waals surface area contributed by atoms with Crippen LogP contribution in [0, 0.1) is 5.82 Å². The molecule has 0 aliphatic carbocycles. The second-order valence-corrected chi connectivity index (χ2v) is 6.87. The summed E-state index contributed by atoms with van der Waals surface area (Å²) in [6.45, 7) is 3.42. The summed E-state index contributed by atoms with van der Waals surface area (Å²) in [5.41, 5.74) is 1.37. The summed E-state index contributed by atoms with van der Waals surface area (Å²) in [6.07, 6.45) is 0. The van der Waals surface area contributed by atoms with Gasteiger partial charge in [0.25, 0.3) is 5.91 Å². The molecule has 1 saturated heterocycles. The quantitative estimate of drug-likeness (QED) is 0.788. The molecule has 0 aromatic heterocycles. The molecule has 0 radical (unpaired) electrons. The van der Waals surface area contributed by atoms with Crippen molar-refractivity contribution in [3.63, 3.8) is 0 Å². The molecule has 1 fully saturated rings. The number of nitrogens with one attached hydrogen (secondary N) is 2. The van der Waals surface area contributed by atoms with Crippen LogP contribution in [-0.2, 0) is 4.74 Å². The molecule has 1 aliphatic heterocycles. The van der Waals surface area contributed by atoms with E-state index < -0.39 is 0 Å². The van der Waals surface area contributed by atoms with Gasteiger partial charge in [0.05, 0.1) is 32.4 Å². The van der Waals surface area contributed by atoms with E-state index in [4.69, 9.17) is 21.1 Å². The number of amides is 1. The standard InChI is InChI=1S/C20H22ClFN2O3/c1-26-19-7-4-15(21)12-17(19)20(25)23-13-18(24-8-10-27-11-9-24)14-2-5-16(22)6-3-14/h2-7,12,18H,8-11,13H2,1H3,(H,23,25)/p+1/t18-/m0/s1. The van der Waals surface area contributed by atoms with Gasteiger partial charge in [0, 0.05) is 10.6 Å². The van der Waals surface area contributed by atoms with Crippen LogP contribution in [0.1, 0.15) is 22.0 Å². The van der Waals surface area contributed by atoms with Crippen molar-refractivity contribution >= 4 is 17.5 Å². The second kappa shape index (κ2) is 9.17. The van der Waals surface area contributed by atoms with Crippen LogP contribution >= 0.6 is 11.6 Å². The molecule has 0 bridgehead atoms. The molecule has 1 atom stereocenters. The molecule has 7 heteroatoms. The number of morpholine rings is 1. The third-order valence-corrected chi connectivity index (χ3v) is 5.01. The highest BCUT2D eigenvalue weighted by atomic mass is 35.5. The Hall–Kier alpha value is -2.15. The van der Waals surface area contributed by atoms with Gasteiger partial charge in [0.1, 0.15) is 30.7 Å². The Morgan fingerprint density at radius 3 is 2.63 bits per heavy atom. The predicted octanol–water partition coefficient (Wildman–Crippen LogP) is 1.87. The van der Waals surface area contributed by atoms with E-state index in [1.54, 1.807) is 30.3 Å². The molecule has 2 N–H and O–H groups in total. The smallest absolute Gasteiger partial charge is 0.255 e. The lowest BCUT2D eigenvalue weighted by molar-refractivity contribution is -0.937. The monoisotopic (exact) mass is 393 g/mol. The molecule has 0 spiro atoms. The van der Waals surface area contributed by atoms with E-state index in [9.17, 15) is 9.18 Å². The molecule has 3 rings (SSSR count). The fraction of sp³-hybridized carbons (Fsp3) is 0.350. The molecular weight excluding hydrogens is 371 g/mol. The first-order chi connectivity index (χ1) is 13.1. The van der Waals surface area contributed by atoms with Gasteiger partial charge in [-0.05, 0) is 30.3 Å². The van der Waals surface area contributed by atoms with Crippen molar-refractivity contribution in [3.8, 4) is 5.75 Å². The van der Waals surface area contributed by atoms with Crippen LogP contribution in [-0.4, -0.2) is 45.9 Å². The van der Waals surface area contributed by atoms with Crippen molar-refractivity contribution < 1.29 is 23.6 Å². The minimum Gasteiger partial charge on any atom is -0.496 e. The average Bonchev–Trinajstić information content (AvgIpc) is 2.70. The molecule has 5 nitrogen and oxygen atoms in total. The summed E-state index contributed by atoms with van der Waals surface area (Å²) in [5, 5.41) is 3.45. The van der Waals surface area contributed by atoms with E-state index in [0.29, 0.717) is 36.1 Å². The van der Waals surface area contributed by atoms with Gasteiger partial charge in [0.2, 0.25) is 0 Å². The number of carbonyl (C=O) groups is 1. The molecule has 27 heavy (non-hydrogen) atoms. The topological polar surface area (TPSA) is 52.0 Å². The molecule has 144 valence electrons. The Kier molecular flexibility index (Phi) is 6.66. The first kappa shape index (κ1) is 19.6. The summed E-state index contributed by atoms with van der Waals surface area (Å²) < 4.78 is 24.0. The van der Waals surface area contributed by atoms with Gasteiger partial charge in [-0.25, -0.2) is 4.39 Å². The maximum Gasteiger partial charge on any atom is 0.255 e. The van der Waals surface area contributed by atoms with Crippen LogP contribution in [0.4, 0.5) is 4.39 Å². The van der Waals surface area contributed by atoms with Gasteiger partial charge in [0.15, 0.2) is 0 Å². The zero-order valence-electron chi connectivity index (χ0n) is 15.1. The summed E-state index contributed by atoms with van der Waals surface area (Å²) in [7, 11) is 1.51. The Bertz CT molecular complexity index is 779. The number of rotatable bonds is 6. The summed E-state index contributed by atoms with van der Waals surface area (Å²) >= 11 is 6.02. The second-order valence-electron chi connectivity index (χ2n) is 6.43. The van der Waals surface area contributed by atoms with Crippen molar-refractivity contribution in [1.29, 1.82) is 0 Å². The van der Waals surface area contributed by atoms with Gasteiger partial charge in [-0.3, -0.25) is 4.79 Å². The van der Waals surface area contributed by atoms with Gasteiger partial charge in [-0.15, -0.1) is 0 Å². The van der Waals surface area contributed by atoms with Gasteiger partial charge in [-0.1, -0.05) is 23.7 Å². The number of hydrogen-bond donors (Lipinski definition) is 2. The Labute approximate surface area is 163 Å². The molecule has 2 aromatic carbocycles. The fourth-order valence-electron chi connectivity index (χ4n) is 3.32. The van der Waals surface area contributed by atoms with E-state index in [1.165, 1.54) is 24.1 Å². The number of benzene rings is 2. The Morgan fingerprint density at radius 2 is 1.96 bits per heavy atom. The summed E-state index contributed by atoms with van der Waals surface area (Å²) in [4.78, 5) is 14.0. The molecule has 0 unspecified atom stereocenters. The minimum atomic E-state index is -0.276. The van der Waals surface area contributed by atoms with Crippen LogP contribution in [0.15, 0.2) is 42.5 Å². The van der Waals surface area contributed by atoms with Gasteiger partial charge in [-0.2, -0.15) is 0 Å². The van der Waals surface area contributed by atoms with Crippen molar-refractivity contribution in [2.24, 2.45) is 0 Å². The maximum absolute atomic E-state index is 13.3. The van der Waals surface area contributed by atoms with E-state index >= 15 is 0 Å². The zero-order valence-corrected chi connectivity index (χ0v) is 15.9. The molecule has 1 heterocycles. The lowest BCUT2D eigenvalue weighted by Crippen LogP contribution is -3.15. The van der Waals surface area contributed by atoms with Crippen molar-refractivity contribution in [3.05, 3.63) is 64.4 Å². The first-order valence-electron chi connectivity index (χ1n) is 8.88. The normalized spacial score (nSPS) is 16.0. The predicted molar refractivity (Wildman–Crippen MR) is 101 cm³/mol. The fourth-order valence-corrected chi connectivity index (χ4v) is 3.49. The molecule has 1 aliphatic rings. The minimum absolute atomic E-state index is 0.00336. The highest BCUT2D eigenvalue weighted by molar-refractivity contribution is 6.31. The molecule has 1 amide bonds. The van der Waals surface area contributed by atoms with E-state index in [1.807, 2.05) is 0 Å². The molecule has 2 aromatic rings. The van der Waals surface area contributed by atoms with Crippen LogP contribution in [0.25, 0.3) is 0 Å². The highest BCUT2D eigenvalue weighted by Crippen LogP contribution is 2.22.